The zero-order valence-electron chi connectivity index (χ0n) is 17.3. The number of nitro benzene ring substituents is 1. The van der Waals surface area contributed by atoms with Crippen molar-refractivity contribution >= 4 is 45.4 Å². The fraction of sp³-hybridized carbons (Fsp3) is 0.130. The molecule has 0 aliphatic carbocycles. The SMILES string of the molecule is COc1cc2c(cc1NC(=O)C(C)O/N=C/c1cccc([N+](=O)[O-])c1)oc1ccccc12. The Bertz CT molecular complexity index is 1340. The van der Waals surface area contributed by atoms with Gasteiger partial charge in [-0.05, 0) is 19.1 Å². The zero-order valence-corrected chi connectivity index (χ0v) is 17.3. The van der Waals surface area contributed by atoms with Crippen LogP contribution in [0.5, 0.6) is 5.75 Å². The number of amides is 1. The number of carbonyl (C=O) groups is 1. The van der Waals surface area contributed by atoms with E-state index >= 15 is 0 Å². The summed E-state index contributed by atoms with van der Waals surface area (Å²) in [5, 5.41) is 19.2. The van der Waals surface area contributed by atoms with Crippen molar-refractivity contribution in [3.8, 4) is 5.75 Å². The molecule has 0 aliphatic heterocycles. The predicted octanol–water partition coefficient (Wildman–Crippen LogP) is 4.88. The van der Waals surface area contributed by atoms with Crippen molar-refractivity contribution in [3.63, 3.8) is 0 Å². The number of carbonyl (C=O) groups excluding carboxylic acids is 1. The van der Waals surface area contributed by atoms with Gasteiger partial charge in [-0.15, -0.1) is 0 Å². The van der Waals surface area contributed by atoms with Crippen LogP contribution in [0, 0.1) is 10.1 Å². The molecule has 0 bridgehead atoms. The number of hydrogen-bond acceptors (Lipinski definition) is 7. The van der Waals surface area contributed by atoms with Gasteiger partial charge in [0, 0.05) is 34.5 Å². The minimum Gasteiger partial charge on any atom is -0.495 e. The first-order valence-corrected chi connectivity index (χ1v) is 9.70. The van der Waals surface area contributed by atoms with E-state index in [1.165, 1.54) is 38.4 Å². The van der Waals surface area contributed by atoms with E-state index in [0.29, 0.717) is 22.6 Å². The summed E-state index contributed by atoms with van der Waals surface area (Å²) in [5.41, 5.74) is 2.19. The van der Waals surface area contributed by atoms with Crippen molar-refractivity contribution < 1.29 is 23.7 Å². The Balaban J connectivity index is 1.48. The van der Waals surface area contributed by atoms with Crippen LogP contribution >= 0.6 is 0 Å². The molecule has 0 fully saturated rings. The Labute approximate surface area is 182 Å². The van der Waals surface area contributed by atoms with Crippen molar-refractivity contribution in [3.05, 3.63) is 76.3 Å². The van der Waals surface area contributed by atoms with Gasteiger partial charge in [-0.2, -0.15) is 0 Å². The predicted molar refractivity (Wildman–Crippen MR) is 120 cm³/mol. The van der Waals surface area contributed by atoms with Crippen molar-refractivity contribution in [2.45, 2.75) is 13.0 Å². The molecule has 4 rings (SSSR count). The van der Waals surface area contributed by atoms with Crippen molar-refractivity contribution in [1.29, 1.82) is 0 Å². The minimum absolute atomic E-state index is 0.0622. The molecule has 4 aromatic rings. The van der Waals surface area contributed by atoms with Gasteiger partial charge in [0.1, 0.15) is 16.9 Å². The van der Waals surface area contributed by atoms with Gasteiger partial charge >= 0.3 is 0 Å². The highest BCUT2D eigenvalue weighted by molar-refractivity contribution is 6.08. The summed E-state index contributed by atoms with van der Waals surface area (Å²) in [6, 6.07) is 17.0. The lowest BCUT2D eigenvalue weighted by molar-refractivity contribution is -0.384. The van der Waals surface area contributed by atoms with Gasteiger partial charge in [0.2, 0.25) is 6.10 Å². The molecule has 9 nitrogen and oxygen atoms in total. The highest BCUT2D eigenvalue weighted by Crippen LogP contribution is 2.36. The Kier molecular flexibility index (Phi) is 5.71. The van der Waals surface area contributed by atoms with E-state index in [2.05, 4.69) is 10.5 Å². The lowest BCUT2D eigenvalue weighted by Gasteiger charge is -2.13. The number of benzene rings is 3. The number of nitro groups is 1. The number of hydrogen-bond donors (Lipinski definition) is 1. The highest BCUT2D eigenvalue weighted by Gasteiger charge is 2.18. The topological polar surface area (TPSA) is 116 Å². The highest BCUT2D eigenvalue weighted by atomic mass is 16.6. The fourth-order valence-electron chi connectivity index (χ4n) is 3.20. The number of methoxy groups -OCH3 is 1. The number of nitrogens with one attached hydrogen (secondary N) is 1. The van der Waals surface area contributed by atoms with Crippen molar-refractivity contribution in [2.75, 3.05) is 12.4 Å². The quantitative estimate of drug-likeness (QED) is 0.252. The summed E-state index contributed by atoms with van der Waals surface area (Å²) in [6.07, 6.45) is 0.374. The lowest BCUT2D eigenvalue weighted by Crippen LogP contribution is -2.26. The van der Waals surface area contributed by atoms with Gasteiger partial charge in [0.25, 0.3) is 11.6 Å². The van der Waals surface area contributed by atoms with E-state index in [-0.39, 0.29) is 5.69 Å². The maximum atomic E-state index is 12.6. The van der Waals surface area contributed by atoms with Gasteiger partial charge in [-0.1, -0.05) is 35.5 Å². The van der Waals surface area contributed by atoms with E-state index in [9.17, 15) is 14.9 Å². The molecule has 1 atom stereocenters. The summed E-state index contributed by atoms with van der Waals surface area (Å²) in [6.45, 7) is 1.53. The summed E-state index contributed by atoms with van der Waals surface area (Å²) < 4.78 is 11.3. The van der Waals surface area contributed by atoms with Crippen molar-refractivity contribution in [2.24, 2.45) is 5.16 Å². The molecule has 162 valence electrons. The van der Waals surface area contributed by atoms with Crippen LogP contribution in [-0.4, -0.2) is 30.3 Å². The number of fused-ring (bicyclic) bond motifs is 3. The van der Waals surface area contributed by atoms with Gasteiger partial charge in [0.05, 0.1) is 23.9 Å². The van der Waals surface area contributed by atoms with Crippen LogP contribution in [0.2, 0.25) is 0 Å². The average Bonchev–Trinajstić information content (AvgIpc) is 3.15. The standard InChI is InChI=1S/C23H19N3O6/c1-14(32-24-13-15-6-5-7-16(10-15)26(28)29)23(27)25-19-12-21-18(11-22(19)30-2)17-8-3-4-9-20(17)31-21/h3-14H,1-2H3,(H,25,27)/b24-13+. The van der Waals surface area contributed by atoms with Crippen LogP contribution in [-0.2, 0) is 9.63 Å². The number of anilines is 1. The largest absolute Gasteiger partial charge is 0.495 e. The Hall–Kier alpha value is -4.40. The van der Waals surface area contributed by atoms with Crippen LogP contribution < -0.4 is 10.1 Å². The number of non-ortho nitro benzene ring substituents is 1. The maximum Gasteiger partial charge on any atom is 0.270 e. The lowest BCUT2D eigenvalue weighted by atomic mass is 10.1. The molecule has 0 saturated heterocycles. The van der Waals surface area contributed by atoms with Crippen LogP contribution in [0.4, 0.5) is 11.4 Å². The van der Waals surface area contributed by atoms with Gasteiger partial charge in [-0.25, -0.2) is 0 Å². The number of para-hydroxylation sites is 1. The van der Waals surface area contributed by atoms with Crippen LogP contribution in [0.1, 0.15) is 12.5 Å². The third kappa shape index (κ3) is 4.22. The molecule has 1 unspecified atom stereocenters. The van der Waals surface area contributed by atoms with E-state index in [1.54, 1.807) is 12.1 Å². The molecule has 0 spiro atoms. The van der Waals surface area contributed by atoms with E-state index in [4.69, 9.17) is 14.0 Å². The number of oxime groups is 1. The summed E-state index contributed by atoms with van der Waals surface area (Å²) in [7, 11) is 1.52. The molecule has 9 heteroatoms. The summed E-state index contributed by atoms with van der Waals surface area (Å²) in [4.78, 5) is 28.1. The molecule has 32 heavy (non-hydrogen) atoms. The molecule has 3 aromatic carbocycles. The third-order valence-corrected chi connectivity index (χ3v) is 4.83. The van der Waals surface area contributed by atoms with Gasteiger partial charge in [0.15, 0.2) is 0 Å². The summed E-state index contributed by atoms with van der Waals surface area (Å²) >= 11 is 0. The second-order valence-electron chi connectivity index (χ2n) is 6.97. The number of ether oxygens (including phenoxy) is 1. The van der Waals surface area contributed by atoms with E-state index in [0.717, 1.165) is 16.4 Å². The molecule has 0 aliphatic rings. The minimum atomic E-state index is -0.930. The third-order valence-electron chi connectivity index (χ3n) is 4.83. The molecular formula is C23H19N3O6. The Morgan fingerprint density at radius 1 is 1.12 bits per heavy atom. The summed E-state index contributed by atoms with van der Waals surface area (Å²) in [5.74, 6) is 0.0275. The second-order valence-corrected chi connectivity index (χ2v) is 6.97. The normalized spacial score (nSPS) is 12.2. The molecule has 0 saturated carbocycles. The Morgan fingerprint density at radius 3 is 2.72 bits per heavy atom. The molecule has 1 amide bonds. The zero-order chi connectivity index (χ0) is 22.7. The van der Waals surface area contributed by atoms with E-state index in [1.807, 2.05) is 30.3 Å². The van der Waals surface area contributed by atoms with Crippen LogP contribution in [0.15, 0.2) is 70.2 Å². The van der Waals surface area contributed by atoms with Crippen molar-refractivity contribution in [1.82, 2.24) is 0 Å². The average molecular weight is 433 g/mol. The van der Waals surface area contributed by atoms with Gasteiger partial charge < -0.3 is 19.3 Å². The first-order valence-electron chi connectivity index (χ1n) is 9.70. The number of rotatable bonds is 7. The van der Waals surface area contributed by atoms with E-state index < -0.39 is 16.9 Å². The molecule has 1 aromatic heterocycles. The van der Waals surface area contributed by atoms with Gasteiger partial charge in [-0.3, -0.25) is 14.9 Å². The number of nitrogens with zero attached hydrogens (tertiary/aromatic N) is 2. The van der Waals surface area contributed by atoms with Crippen LogP contribution in [0.3, 0.4) is 0 Å². The first-order chi connectivity index (χ1) is 15.5. The molecule has 1 N–H and O–H groups in total. The molecule has 0 radical (unpaired) electrons. The molecular weight excluding hydrogens is 414 g/mol. The maximum absolute atomic E-state index is 12.6. The fourth-order valence-corrected chi connectivity index (χ4v) is 3.20. The second kappa shape index (κ2) is 8.76. The smallest absolute Gasteiger partial charge is 0.270 e. The number of furan rings is 1. The first kappa shape index (κ1) is 20.9. The van der Waals surface area contributed by atoms with Crippen LogP contribution in [0.25, 0.3) is 21.9 Å². The monoisotopic (exact) mass is 433 g/mol. The Morgan fingerprint density at radius 2 is 1.94 bits per heavy atom. The molecule has 1 heterocycles.